The van der Waals surface area contributed by atoms with E-state index >= 15 is 0 Å². The first-order valence-electron chi connectivity index (χ1n) is 5.19. The summed E-state index contributed by atoms with van der Waals surface area (Å²) in [6.07, 6.45) is 7.06. The van der Waals surface area contributed by atoms with E-state index < -0.39 is 0 Å². The molecule has 0 saturated heterocycles. The minimum atomic E-state index is -0.00569. The van der Waals surface area contributed by atoms with E-state index in [1.54, 1.807) is 24.4 Å². The second-order valence-electron chi connectivity index (χ2n) is 3.51. The molecular weight excluding hydrogens is 358 g/mol. The molecule has 4 heteroatoms. The Morgan fingerprint density at radius 1 is 1.06 bits per heavy atom. The van der Waals surface area contributed by atoms with Crippen molar-refractivity contribution in [3.05, 3.63) is 71.0 Å². The lowest BCUT2D eigenvalue weighted by Gasteiger charge is -1.94. The molecule has 2 nitrogen and oxygen atoms in total. The third-order valence-corrected chi connectivity index (χ3v) is 2.79. The van der Waals surface area contributed by atoms with Crippen molar-refractivity contribution in [1.82, 2.24) is 0 Å². The van der Waals surface area contributed by atoms with Gasteiger partial charge in [-0.15, -0.1) is 0 Å². The van der Waals surface area contributed by atoms with Crippen molar-refractivity contribution in [3.8, 4) is 0 Å². The zero-order valence-electron chi connectivity index (χ0n) is 9.46. The van der Waals surface area contributed by atoms with Crippen LogP contribution in [0.1, 0.15) is 10.4 Å². The molecule has 1 heterocycles. The minimum Gasteiger partial charge on any atom is -1.00 e. The molecule has 0 saturated carbocycles. The lowest BCUT2D eigenvalue weighted by molar-refractivity contribution is -0.568. The number of halogens is 2. The summed E-state index contributed by atoms with van der Waals surface area (Å²) in [5.74, 6) is -0.00569. The molecule has 0 spiro atoms. The van der Waals surface area contributed by atoms with Gasteiger partial charge in [-0.25, -0.2) is 0 Å². The maximum atomic E-state index is 11.8. The Kier molecular flexibility index (Phi) is 5.95. The average molecular weight is 369 g/mol. The number of nitrogens with zero attached hydrogens (tertiary/aromatic N) is 1. The highest BCUT2D eigenvalue weighted by molar-refractivity contribution is 9.10. The fourth-order valence-electron chi connectivity index (χ4n) is 1.38. The molecule has 0 aliphatic heterocycles. The van der Waals surface area contributed by atoms with Gasteiger partial charge in [0.25, 0.3) is 0 Å². The van der Waals surface area contributed by atoms with E-state index in [2.05, 4.69) is 15.9 Å². The fraction of sp³-hybridized carbons (Fsp3) is 0. The van der Waals surface area contributed by atoms with E-state index in [0.29, 0.717) is 5.56 Å². The molecule has 0 radical (unpaired) electrons. The van der Waals surface area contributed by atoms with Crippen molar-refractivity contribution < 1.29 is 26.3 Å². The van der Waals surface area contributed by atoms with Crippen molar-refractivity contribution in [3.63, 3.8) is 0 Å². The number of ketones is 1. The number of hydrogen-bond donors (Lipinski definition) is 0. The Morgan fingerprint density at radius 3 is 2.28 bits per heavy atom. The number of benzene rings is 1. The quantitative estimate of drug-likeness (QED) is 0.427. The molecule has 1 aromatic heterocycles. The fourth-order valence-corrected chi connectivity index (χ4v) is 1.64. The van der Waals surface area contributed by atoms with E-state index in [0.717, 1.165) is 4.47 Å². The maximum Gasteiger partial charge on any atom is 0.191 e. The minimum absolute atomic E-state index is 0. The van der Waals surface area contributed by atoms with E-state index in [-0.39, 0.29) is 22.8 Å². The predicted octanol–water partition coefficient (Wildman–Crippen LogP) is 0.0942. The van der Waals surface area contributed by atoms with Crippen molar-refractivity contribution in [2.45, 2.75) is 0 Å². The molecule has 0 N–H and O–H groups in total. The second kappa shape index (κ2) is 7.24. The Balaban J connectivity index is 0.00000162. The van der Waals surface area contributed by atoms with E-state index in [1.165, 1.54) is 0 Å². The van der Waals surface area contributed by atoms with Crippen LogP contribution in [0.2, 0.25) is 0 Å². The number of allylic oxidation sites excluding steroid dienone is 1. The van der Waals surface area contributed by atoms with Crippen molar-refractivity contribution in [1.29, 1.82) is 0 Å². The van der Waals surface area contributed by atoms with Crippen LogP contribution in [-0.4, -0.2) is 5.78 Å². The normalized spacial score (nSPS) is 10.1. The zero-order chi connectivity index (χ0) is 12.1. The summed E-state index contributed by atoms with van der Waals surface area (Å²) in [5, 5.41) is 0. The van der Waals surface area contributed by atoms with Crippen LogP contribution in [0.25, 0.3) is 6.20 Å². The number of carbonyl (C=O) groups excluding carboxylic acids is 1. The van der Waals surface area contributed by atoms with Crippen LogP contribution in [0.4, 0.5) is 0 Å². The molecule has 0 atom stereocenters. The monoisotopic (exact) mass is 367 g/mol. The first-order chi connectivity index (χ1) is 8.25. The Bertz CT molecular complexity index is 535. The molecule has 18 heavy (non-hydrogen) atoms. The molecule has 1 aromatic carbocycles. The van der Waals surface area contributed by atoms with Crippen molar-refractivity contribution in [2.24, 2.45) is 0 Å². The SMILES string of the molecule is O=C(/C=C/[n+]1ccccc1)c1ccc(Br)cc1.[Br-]. The molecule has 92 valence electrons. The number of carbonyl (C=O) groups is 1. The lowest BCUT2D eigenvalue weighted by Crippen LogP contribution is -3.00. The van der Waals surface area contributed by atoms with Gasteiger partial charge in [0.2, 0.25) is 0 Å². The van der Waals surface area contributed by atoms with Gasteiger partial charge in [0.05, 0.1) is 6.08 Å². The van der Waals surface area contributed by atoms with Gasteiger partial charge in [0.15, 0.2) is 24.4 Å². The van der Waals surface area contributed by atoms with Gasteiger partial charge in [0.1, 0.15) is 0 Å². The summed E-state index contributed by atoms with van der Waals surface area (Å²) in [6, 6.07) is 13.1. The first-order valence-corrected chi connectivity index (χ1v) is 5.99. The van der Waals surface area contributed by atoms with Gasteiger partial charge < -0.3 is 17.0 Å². The van der Waals surface area contributed by atoms with E-state index in [4.69, 9.17) is 0 Å². The average Bonchev–Trinajstić information content (AvgIpc) is 2.38. The Labute approximate surface area is 125 Å². The number of aromatic nitrogens is 1. The molecule has 2 rings (SSSR count). The molecule has 0 aliphatic carbocycles. The molecule has 0 amide bonds. The summed E-state index contributed by atoms with van der Waals surface area (Å²) in [4.78, 5) is 11.8. The topological polar surface area (TPSA) is 20.9 Å². The summed E-state index contributed by atoms with van der Waals surface area (Å²) in [7, 11) is 0. The summed E-state index contributed by atoms with van der Waals surface area (Å²) in [6.45, 7) is 0. The van der Waals surface area contributed by atoms with Gasteiger partial charge in [-0.3, -0.25) is 4.79 Å². The maximum absolute atomic E-state index is 11.8. The first kappa shape index (κ1) is 14.8. The second-order valence-corrected chi connectivity index (χ2v) is 4.43. The summed E-state index contributed by atoms with van der Waals surface area (Å²) in [5.41, 5.74) is 0.681. The molecule has 0 unspecified atom stereocenters. The predicted molar refractivity (Wildman–Crippen MR) is 70.4 cm³/mol. The number of hydrogen-bond acceptors (Lipinski definition) is 1. The Hall–Kier alpha value is -1.26. The van der Waals surface area contributed by atoms with E-state index in [9.17, 15) is 4.79 Å². The number of rotatable bonds is 3. The highest BCUT2D eigenvalue weighted by atomic mass is 79.9. The Morgan fingerprint density at radius 2 is 1.67 bits per heavy atom. The number of pyridine rings is 1. The molecule has 0 aliphatic rings. The largest absolute Gasteiger partial charge is 1.00 e. The van der Waals surface area contributed by atoms with Crippen LogP contribution in [0.15, 0.2) is 65.4 Å². The van der Waals surface area contributed by atoms with Crippen LogP contribution in [0, 0.1) is 0 Å². The molecule has 0 fully saturated rings. The standard InChI is InChI=1S/C14H11BrNO.BrH/c15-13-6-4-12(5-7-13)14(17)8-11-16-9-2-1-3-10-16;/h1-11H;1H/q+1;/p-1/b11-8+;. The van der Waals surface area contributed by atoms with Gasteiger partial charge in [0, 0.05) is 22.2 Å². The van der Waals surface area contributed by atoms with Crippen LogP contribution in [-0.2, 0) is 0 Å². The van der Waals surface area contributed by atoms with Gasteiger partial charge in [-0.2, -0.15) is 4.57 Å². The third-order valence-electron chi connectivity index (χ3n) is 2.27. The van der Waals surface area contributed by atoms with Gasteiger partial charge in [-0.05, 0) is 24.3 Å². The van der Waals surface area contributed by atoms with Gasteiger partial charge in [-0.1, -0.05) is 22.0 Å². The highest BCUT2D eigenvalue weighted by Gasteiger charge is 2.02. The van der Waals surface area contributed by atoms with Crippen LogP contribution >= 0.6 is 15.9 Å². The summed E-state index contributed by atoms with van der Waals surface area (Å²) >= 11 is 3.34. The molecule has 0 bridgehead atoms. The van der Waals surface area contributed by atoms with Crippen LogP contribution in [0.3, 0.4) is 0 Å². The third kappa shape index (κ3) is 4.20. The van der Waals surface area contributed by atoms with Crippen LogP contribution < -0.4 is 21.5 Å². The lowest BCUT2D eigenvalue weighted by atomic mass is 10.1. The zero-order valence-corrected chi connectivity index (χ0v) is 12.6. The van der Waals surface area contributed by atoms with Crippen molar-refractivity contribution >= 4 is 27.9 Å². The van der Waals surface area contributed by atoms with Gasteiger partial charge >= 0.3 is 0 Å². The van der Waals surface area contributed by atoms with E-state index in [1.807, 2.05) is 47.3 Å². The molecule has 2 aromatic rings. The van der Waals surface area contributed by atoms with Crippen molar-refractivity contribution in [2.75, 3.05) is 0 Å². The summed E-state index contributed by atoms with van der Waals surface area (Å²) < 4.78 is 2.80. The van der Waals surface area contributed by atoms with Crippen LogP contribution in [0.5, 0.6) is 0 Å². The highest BCUT2D eigenvalue weighted by Crippen LogP contribution is 2.11. The molecular formula is C14H11Br2NO. The smallest absolute Gasteiger partial charge is 0.191 e.